The van der Waals surface area contributed by atoms with E-state index in [1.165, 1.54) is 0 Å². The third-order valence-corrected chi connectivity index (χ3v) is 4.60. The molecule has 1 aliphatic rings. The van der Waals surface area contributed by atoms with Gasteiger partial charge in [0.05, 0.1) is 10.7 Å². The lowest BCUT2D eigenvalue weighted by Gasteiger charge is -2.38. The molecule has 3 rings (SSSR count). The van der Waals surface area contributed by atoms with Crippen molar-refractivity contribution in [3.8, 4) is 0 Å². The molecule has 0 radical (unpaired) electrons. The van der Waals surface area contributed by atoms with E-state index >= 15 is 0 Å². The molecule has 2 heterocycles. The zero-order valence-corrected chi connectivity index (χ0v) is 18.2. The van der Waals surface area contributed by atoms with Crippen molar-refractivity contribution in [1.82, 2.24) is 25.0 Å². The summed E-state index contributed by atoms with van der Waals surface area (Å²) >= 11 is 6.32. The molecule has 7 nitrogen and oxygen atoms in total. The van der Waals surface area contributed by atoms with Gasteiger partial charge in [0.2, 0.25) is 0 Å². The quantitative estimate of drug-likeness (QED) is 0.406. The monoisotopic (exact) mass is 489 g/mol. The van der Waals surface area contributed by atoms with Crippen LogP contribution in [-0.2, 0) is 13.6 Å². The van der Waals surface area contributed by atoms with Crippen LogP contribution in [0.4, 0.5) is 5.69 Å². The van der Waals surface area contributed by atoms with E-state index in [2.05, 4.69) is 38.2 Å². The van der Waals surface area contributed by atoms with Gasteiger partial charge in [-0.3, -0.25) is 4.68 Å². The van der Waals surface area contributed by atoms with E-state index in [1.54, 1.807) is 11.0 Å². The van der Waals surface area contributed by atoms with Gasteiger partial charge in [-0.15, -0.1) is 24.0 Å². The Labute approximate surface area is 176 Å². The molecule has 1 fully saturated rings. The van der Waals surface area contributed by atoms with Crippen LogP contribution in [0.3, 0.4) is 0 Å². The molecule has 1 saturated heterocycles. The van der Waals surface area contributed by atoms with Gasteiger partial charge in [0.25, 0.3) is 0 Å². The first-order valence-corrected chi connectivity index (χ1v) is 8.92. The molecule has 0 atom stereocenters. The number of aromatic nitrogens is 3. The Hall–Kier alpha value is -1.55. The fourth-order valence-electron chi connectivity index (χ4n) is 2.90. The van der Waals surface area contributed by atoms with Crippen molar-refractivity contribution in [2.45, 2.75) is 13.5 Å². The number of aryl methyl sites for hydroxylation is 1. The smallest absolute Gasteiger partial charge is 0.194 e. The Morgan fingerprint density at radius 3 is 2.58 bits per heavy atom. The second-order valence-electron chi connectivity index (χ2n) is 5.90. The van der Waals surface area contributed by atoms with Gasteiger partial charge in [0.15, 0.2) is 5.96 Å². The highest BCUT2D eigenvalue weighted by molar-refractivity contribution is 14.0. The molecule has 0 bridgehead atoms. The summed E-state index contributed by atoms with van der Waals surface area (Å²) in [5.74, 6) is 1.77. The molecule has 142 valence electrons. The van der Waals surface area contributed by atoms with Crippen LogP contribution < -0.4 is 10.2 Å². The standard InChI is InChI=1S/C17H24ClN7.HI/c1-3-19-17(20-12-16-21-13-22-23(16)2)25-10-8-24(9-11-25)15-7-5-4-6-14(15)18;/h4-7,13H,3,8-12H2,1-2H3,(H,19,20);1H. The maximum atomic E-state index is 6.32. The minimum absolute atomic E-state index is 0. The van der Waals surface area contributed by atoms with Crippen molar-refractivity contribution in [2.75, 3.05) is 37.6 Å². The van der Waals surface area contributed by atoms with Gasteiger partial charge in [-0.25, -0.2) is 9.98 Å². The highest BCUT2D eigenvalue weighted by Gasteiger charge is 2.21. The summed E-state index contributed by atoms with van der Waals surface area (Å²) < 4.78 is 1.75. The number of rotatable bonds is 4. The Morgan fingerprint density at radius 2 is 1.96 bits per heavy atom. The number of nitrogens with one attached hydrogen (secondary N) is 1. The lowest BCUT2D eigenvalue weighted by Crippen LogP contribution is -2.52. The molecule has 0 amide bonds. The second kappa shape index (κ2) is 9.96. The largest absolute Gasteiger partial charge is 0.367 e. The van der Waals surface area contributed by atoms with E-state index < -0.39 is 0 Å². The number of hydrogen-bond donors (Lipinski definition) is 1. The van der Waals surface area contributed by atoms with Gasteiger partial charge in [-0.05, 0) is 19.1 Å². The van der Waals surface area contributed by atoms with E-state index in [0.29, 0.717) is 6.54 Å². The van der Waals surface area contributed by atoms with Crippen LogP contribution in [0.1, 0.15) is 12.7 Å². The number of halogens is 2. The summed E-state index contributed by atoms with van der Waals surface area (Å²) in [6.07, 6.45) is 1.56. The number of aliphatic imine (C=N–C) groups is 1. The summed E-state index contributed by atoms with van der Waals surface area (Å²) in [5.41, 5.74) is 1.10. The van der Waals surface area contributed by atoms with Crippen molar-refractivity contribution in [3.05, 3.63) is 41.4 Å². The molecule has 2 aromatic rings. The van der Waals surface area contributed by atoms with Gasteiger partial charge in [0, 0.05) is 39.8 Å². The average molecular weight is 490 g/mol. The second-order valence-corrected chi connectivity index (χ2v) is 6.30. The van der Waals surface area contributed by atoms with Crippen LogP contribution in [0.2, 0.25) is 5.02 Å². The zero-order valence-electron chi connectivity index (χ0n) is 15.1. The predicted molar refractivity (Wildman–Crippen MR) is 116 cm³/mol. The highest BCUT2D eigenvalue weighted by Crippen LogP contribution is 2.26. The Bertz CT molecular complexity index is 725. The summed E-state index contributed by atoms with van der Waals surface area (Å²) in [6.45, 7) is 7.06. The summed E-state index contributed by atoms with van der Waals surface area (Å²) in [5, 5.41) is 8.27. The van der Waals surface area contributed by atoms with Crippen LogP contribution >= 0.6 is 35.6 Å². The highest BCUT2D eigenvalue weighted by atomic mass is 127. The minimum Gasteiger partial charge on any atom is -0.367 e. The first-order valence-electron chi connectivity index (χ1n) is 8.54. The van der Waals surface area contributed by atoms with Crippen LogP contribution in [0.15, 0.2) is 35.6 Å². The summed E-state index contributed by atoms with van der Waals surface area (Å²) in [4.78, 5) is 13.6. The third-order valence-electron chi connectivity index (χ3n) is 4.28. The lowest BCUT2D eigenvalue weighted by atomic mass is 10.2. The van der Waals surface area contributed by atoms with Crippen molar-refractivity contribution >= 4 is 47.2 Å². The van der Waals surface area contributed by atoms with E-state index in [9.17, 15) is 0 Å². The van der Waals surface area contributed by atoms with E-state index in [4.69, 9.17) is 16.6 Å². The number of anilines is 1. The van der Waals surface area contributed by atoms with Gasteiger partial charge >= 0.3 is 0 Å². The molecule has 26 heavy (non-hydrogen) atoms. The van der Waals surface area contributed by atoms with Crippen molar-refractivity contribution in [2.24, 2.45) is 12.0 Å². The molecular formula is C17H25ClIN7. The fourth-order valence-corrected chi connectivity index (χ4v) is 3.16. The number of nitrogens with zero attached hydrogens (tertiary/aromatic N) is 6. The Balaban J connectivity index is 0.00000243. The number of guanidine groups is 1. The van der Waals surface area contributed by atoms with E-state index in [0.717, 1.165) is 55.2 Å². The molecular weight excluding hydrogens is 465 g/mol. The average Bonchev–Trinajstić information content (AvgIpc) is 3.04. The van der Waals surface area contributed by atoms with Crippen LogP contribution in [0.5, 0.6) is 0 Å². The fraction of sp³-hybridized carbons (Fsp3) is 0.471. The Kier molecular flexibility index (Phi) is 7.95. The number of hydrogen-bond acceptors (Lipinski definition) is 4. The van der Waals surface area contributed by atoms with Gasteiger partial charge < -0.3 is 15.1 Å². The number of benzene rings is 1. The molecule has 1 aliphatic heterocycles. The van der Waals surface area contributed by atoms with E-state index in [-0.39, 0.29) is 24.0 Å². The zero-order chi connectivity index (χ0) is 17.6. The number of para-hydroxylation sites is 1. The summed E-state index contributed by atoms with van der Waals surface area (Å²) in [6, 6.07) is 8.01. The van der Waals surface area contributed by atoms with Crippen molar-refractivity contribution in [3.63, 3.8) is 0 Å². The van der Waals surface area contributed by atoms with E-state index in [1.807, 2.05) is 25.2 Å². The van der Waals surface area contributed by atoms with Crippen LogP contribution in [0, 0.1) is 0 Å². The first kappa shape index (κ1) is 20.8. The molecule has 1 N–H and O–H groups in total. The topological polar surface area (TPSA) is 61.6 Å². The first-order chi connectivity index (χ1) is 12.2. The van der Waals surface area contributed by atoms with Gasteiger partial charge in [-0.2, -0.15) is 5.10 Å². The Morgan fingerprint density at radius 1 is 1.23 bits per heavy atom. The van der Waals surface area contributed by atoms with Crippen LogP contribution in [0.25, 0.3) is 0 Å². The maximum absolute atomic E-state index is 6.32. The number of piperazine rings is 1. The molecule has 0 aliphatic carbocycles. The maximum Gasteiger partial charge on any atom is 0.194 e. The minimum atomic E-state index is 0. The van der Waals surface area contributed by atoms with Gasteiger partial charge in [0.1, 0.15) is 18.7 Å². The molecule has 0 spiro atoms. The summed E-state index contributed by atoms with van der Waals surface area (Å²) in [7, 11) is 1.88. The molecule has 9 heteroatoms. The van der Waals surface area contributed by atoms with Gasteiger partial charge in [-0.1, -0.05) is 23.7 Å². The normalized spacial score (nSPS) is 15.0. The molecule has 0 saturated carbocycles. The molecule has 1 aromatic heterocycles. The van der Waals surface area contributed by atoms with Crippen molar-refractivity contribution in [1.29, 1.82) is 0 Å². The lowest BCUT2D eigenvalue weighted by molar-refractivity contribution is 0.372. The SMILES string of the molecule is CCNC(=NCc1ncnn1C)N1CCN(c2ccccc2Cl)CC1.I. The third kappa shape index (κ3) is 5.00. The van der Waals surface area contributed by atoms with Crippen molar-refractivity contribution < 1.29 is 0 Å². The predicted octanol–water partition coefficient (Wildman–Crippen LogP) is 2.37. The van der Waals surface area contributed by atoms with Crippen LogP contribution in [-0.4, -0.2) is 58.3 Å². The molecule has 1 aromatic carbocycles. The molecule has 0 unspecified atom stereocenters.